The smallest absolute Gasteiger partial charge is 0.105 e. The zero-order chi connectivity index (χ0) is 14.0. The highest BCUT2D eigenvalue weighted by atomic mass is 16.3. The van der Waals surface area contributed by atoms with Crippen molar-refractivity contribution in [1.82, 2.24) is 0 Å². The van der Waals surface area contributed by atoms with E-state index in [1.165, 1.54) is 12.1 Å². The van der Waals surface area contributed by atoms with Crippen LogP contribution in [0.5, 0.6) is 5.75 Å². The van der Waals surface area contributed by atoms with Crippen LogP contribution in [0.25, 0.3) is 0 Å². The first kappa shape index (κ1) is 16.9. The Balaban J connectivity index is 0.000000351. The topological polar surface area (TPSA) is 43.3 Å². The molecule has 0 saturated carbocycles. The highest BCUT2D eigenvalue weighted by Gasteiger charge is 2.22. The SMILES string of the molecule is CC[N+](CC)(CC)CC(C)O.[O-]c1ccccc1. The van der Waals surface area contributed by atoms with Crippen molar-refractivity contribution in [3.8, 4) is 5.75 Å². The molecule has 0 radical (unpaired) electrons. The van der Waals surface area contributed by atoms with Crippen LogP contribution in [0.15, 0.2) is 30.3 Å². The second-order valence-corrected chi connectivity index (χ2v) is 4.63. The maximum Gasteiger partial charge on any atom is 0.105 e. The van der Waals surface area contributed by atoms with Crippen LogP contribution in [0.4, 0.5) is 0 Å². The first-order valence-electron chi connectivity index (χ1n) is 6.74. The van der Waals surface area contributed by atoms with Gasteiger partial charge in [0.25, 0.3) is 0 Å². The van der Waals surface area contributed by atoms with Crippen molar-refractivity contribution < 1.29 is 14.7 Å². The number of aliphatic hydroxyl groups is 1. The quantitative estimate of drug-likeness (QED) is 0.816. The Bertz CT molecular complexity index is 286. The zero-order valence-corrected chi connectivity index (χ0v) is 12.1. The number of hydrogen-bond acceptors (Lipinski definition) is 2. The molecule has 0 bridgehead atoms. The van der Waals surface area contributed by atoms with Gasteiger partial charge in [0.1, 0.15) is 12.6 Å². The van der Waals surface area contributed by atoms with E-state index in [9.17, 15) is 10.2 Å². The number of likely N-dealkylation sites (N-methyl/N-ethyl adjacent to an activating group) is 1. The van der Waals surface area contributed by atoms with E-state index in [0.717, 1.165) is 30.7 Å². The minimum atomic E-state index is -0.171. The third-order valence-electron chi connectivity index (χ3n) is 3.41. The van der Waals surface area contributed by atoms with Crippen LogP contribution in [0.1, 0.15) is 27.7 Å². The van der Waals surface area contributed by atoms with Crippen molar-refractivity contribution in [2.45, 2.75) is 33.8 Å². The minimum Gasteiger partial charge on any atom is -0.872 e. The van der Waals surface area contributed by atoms with E-state index >= 15 is 0 Å². The van der Waals surface area contributed by atoms with Gasteiger partial charge in [-0.15, -0.1) is 5.75 Å². The van der Waals surface area contributed by atoms with Crippen LogP contribution in [-0.2, 0) is 0 Å². The maximum atomic E-state index is 10.3. The lowest BCUT2D eigenvalue weighted by Crippen LogP contribution is -2.51. The van der Waals surface area contributed by atoms with Crippen molar-refractivity contribution in [2.75, 3.05) is 26.2 Å². The molecule has 0 aliphatic heterocycles. The first-order chi connectivity index (χ1) is 8.49. The van der Waals surface area contributed by atoms with Crippen molar-refractivity contribution in [3.05, 3.63) is 30.3 Å². The molecule has 1 rings (SSSR count). The third kappa shape index (κ3) is 6.62. The van der Waals surface area contributed by atoms with E-state index in [1.807, 2.05) is 13.0 Å². The molecule has 1 aromatic carbocycles. The van der Waals surface area contributed by atoms with E-state index < -0.39 is 0 Å². The normalized spacial score (nSPS) is 12.5. The molecule has 0 amide bonds. The lowest BCUT2D eigenvalue weighted by Gasteiger charge is -2.36. The fourth-order valence-corrected chi connectivity index (χ4v) is 2.04. The van der Waals surface area contributed by atoms with Gasteiger partial charge in [0.15, 0.2) is 0 Å². The molecule has 0 spiro atoms. The van der Waals surface area contributed by atoms with Gasteiger partial charge in [-0.2, -0.15) is 0 Å². The molecule has 0 saturated heterocycles. The molecule has 0 aromatic heterocycles. The van der Waals surface area contributed by atoms with Gasteiger partial charge in [-0.25, -0.2) is 0 Å². The second-order valence-electron chi connectivity index (χ2n) is 4.63. The lowest BCUT2D eigenvalue weighted by atomic mass is 10.2. The highest BCUT2D eigenvalue weighted by Crippen LogP contribution is 2.06. The van der Waals surface area contributed by atoms with Crippen LogP contribution in [0.2, 0.25) is 0 Å². The molecule has 1 aromatic rings. The van der Waals surface area contributed by atoms with Crippen LogP contribution >= 0.6 is 0 Å². The van der Waals surface area contributed by atoms with Gasteiger partial charge in [0.05, 0.1) is 19.6 Å². The van der Waals surface area contributed by atoms with Gasteiger partial charge < -0.3 is 14.7 Å². The Kier molecular flexibility index (Phi) is 8.42. The molecule has 3 nitrogen and oxygen atoms in total. The van der Waals surface area contributed by atoms with E-state index in [1.54, 1.807) is 12.1 Å². The van der Waals surface area contributed by atoms with Gasteiger partial charge >= 0.3 is 0 Å². The van der Waals surface area contributed by atoms with E-state index in [0.29, 0.717) is 0 Å². The highest BCUT2D eigenvalue weighted by molar-refractivity contribution is 5.17. The summed E-state index contributed by atoms with van der Waals surface area (Å²) in [5.41, 5.74) is 0. The molecule has 104 valence electrons. The molecule has 0 heterocycles. The predicted molar refractivity (Wildman–Crippen MR) is 74.3 cm³/mol. The molecule has 18 heavy (non-hydrogen) atoms. The van der Waals surface area contributed by atoms with E-state index in [4.69, 9.17) is 0 Å². The largest absolute Gasteiger partial charge is 0.872 e. The summed E-state index contributed by atoms with van der Waals surface area (Å²) in [5.74, 6) is 0.0718. The average Bonchev–Trinajstić information content (AvgIpc) is 2.37. The van der Waals surface area contributed by atoms with Crippen molar-refractivity contribution in [2.24, 2.45) is 0 Å². The summed E-state index contributed by atoms with van der Waals surface area (Å²) in [6.45, 7) is 12.7. The standard InChI is InChI=1S/C9H22NO.C6H6O/c1-5-10(6-2,7-3)8-9(4)11;7-6-4-2-1-3-5-6/h9,11H,5-8H2,1-4H3;1-5,7H/q+1;/p-1. The fraction of sp³-hybridized carbons (Fsp3) is 0.600. The number of benzene rings is 1. The summed E-state index contributed by atoms with van der Waals surface area (Å²) in [6.07, 6.45) is -0.171. The molecule has 0 fully saturated rings. The Hall–Kier alpha value is -1.06. The van der Waals surface area contributed by atoms with Gasteiger partial charge in [0, 0.05) is 0 Å². The van der Waals surface area contributed by atoms with Gasteiger partial charge in [0.2, 0.25) is 0 Å². The Labute approximate surface area is 111 Å². The first-order valence-corrected chi connectivity index (χ1v) is 6.74. The summed E-state index contributed by atoms with van der Waals surface area (Å²) >= 11 is 0. The fourth-order valence-electron chi connectivity index (χ4n) is 2.04. The van der Waals surface area contributed by atoms with Crippen LogP contribution in [-0.4, -0.2) is 41.9 Å². The molecular formula is C15H27NO2. The molecule has 1 N–H and O–H groups in total. The summed E-state index contributed by atoms with van der Waals surface area (Å²) in [7, 11) is 0. The predicted octanol–water partition coefficient (Wildman–Crippen LogP) is 2.00. The minimum absolute atomic E-state index is 0.0718. The second kappa shape index (κ2) is 8.95. The van der Waals surface area contributed by atoms with Crippen molar-refractivity contribution >= 4 is 0 Å². The number of quaternary nitrogens is 1. The molecule has 0 aliphatic carbocycles. The van der Waals surface area contributed by atoms with E-state index in [-0.39, 0.29) is 11.9 Å². The monoisotopic (exact) mass is 253 g/mol. The molecule has 0 aliphatic rings. The number of nitrogens with zero attached hydrogens (tertiary/aromatic N) is 1. The van der Waals surface area contributed by atoms with Gasteiger partial charge in [-0.3, -0.25) is 0 Å². The molecule has 1 unspecified atom stereocenters. The molecule has 3 heteroatoms. The molecule has 1 atom stereocenters. The maximum absolute atomic E-state index is 10.3. The Morgan fingerprint density at radius 3 is 1.67 bits per heavy atom. The lowest BCUT2D eigenvalue weighted by molar-refractivity contribution is -0.925. The Morgan fingerprint density at radius 2 is 1.50 bits per heavy atom. The number of hydrogen-bond donors (Lipinski definition) is 1. The van der Waals surface area contributed by atoms with Crippen LogP contribution in [0, 0.1) is 0 Å². The van der Waals surface area contributed by atoms with Crippen LogP contribution < -0.4 is 5.11 Å². The number of rotatable bonds is 5. The summed E-state index contributed by atoms with van der Waals surface area (Å²) < 4.78 is 1.04. The van der Waals surface area contributed by atoms with Crippen molar-refractivity contribution in [3.63, 3.8) is 0 Å². The zero-order valence-electron chi connectivity index (χ0n) is 12.1. The number of aliphatic hydroxyl groups excluding tert-OH is 1. The summed E-state index contributed by atoms with van der Waals surface area (Å²) in [4.78, 5) is 0. The molecular weight excluding hydrogens is 226 g/mol. The van der Waals surface area contributed by atoms with E-state index in [2.05, 4.69) is 20.8 Å². The summed E-state index contributed by atoms with van der Waals surface area (Å²) in [6, 6.07) is 8.33. The Morgan fingerprint density at radius 1 is 1.06 bits per heavy atom. The van der Waals surface area contributed by atoms with Crippen LogP contribution in [0.3, 0.4) is 0 Å². The number of para-hydroxylation sites is 1. The third-order valence-corrected chi connectivity index (χ3v) is 3.41. The van der Waals surface area contributed by atoms with Crippen molar-refractivity contribution in [1.29, 1.82) is 0 Å². The summed E-state index contributed by atoms with van der Waals surface area (Å²) in [5, 5.41) is 19.5. The van der Waals surface area contributed by atoms with Gasteiger partial charge in [-0.1, -0.05) is 30.3 Å². The van der Waals surface area contributed by atoms with Gasteiger partial charge in [-0.05, 0) is 27.7 Å². The average molecular weight is 253 g/mol.